The average molecular weight is 325 g/mol. The van der Waals surface area contributed by atoms with Crippen LogP contribution in [0.15, 0.2) is 36.4 Å². The molecular weight excluding hydrogens is 310 g/mol. The molecule has 2 aliphatic rings. The standard InChI is InChI=1S/C18H15NO5/c1-22-15-4-2-3-12-13(20)7-8-19(17(12)15)18(21)11-5-6-14-16(9-11)24-10-23-14/h2-6,9H,7-8,10H2,1H3. The van der Waals surface area contributed by atoms with Crippen LogP contribution in [0.1, 0.15) is 27.1 Å². The molecule has 0 unspecified atom stereocenters. The molecular formula is C18H15NO5. The molecule has 2 aromatic carbocycles. The van der Waals surface area contributed by atoms with Gasteiger partial charge in [0.1, 0.15) is 5.75 Å². The number of ether oxygens (including phenoxy) is 3. The van der Waals surface area contributed by atoms with E-state index in [1.54, 1.807) is 41.3 Å². The van der Waals surface area contributed by atoms with Crippen molar-refractivity contribution in [2.45, 2.75) is 6.42 Å². The monoisotopic (exact) mass is 325 g/mol. The molecule has 0 spiro atoms. The lowest BCUT2D eigenvalue weighted by atomic mass is 9.98. The van der Waals surface area contributed by atoms with Crippen LogP contribution in [0.2, 0.25) is 0 Å². The Labute approximate surface area is 138 Å². The fourth-order valence-corrected chi connectivity index (χ4v) is 3.04. The van der Waals surface area contributed by atoms with Gasteiger partial charge in [0.05, 0.1) is 12.8 Å². The van der Waals surface area contributed by atoms with Crippen LogP contribution < -0.4 is 19.1 Å². The van der Waals surface area contributed by atoms with E-state index in [0.29, 0.717) is 40.6 Å². The maximum Gasteiger partial charge on any atom is 0.258 e. The summed E-state index contributed by atoms with van der Waals surface area (Å²) in [4.78, 5) is 26.8. The van der Waals surface area contributed by atoms with E-state index in [2.05, 4.69) is 0 Å². The van der Waals surface area contributed by atoms with Crippen LogP contribution in [0.25, 0.3) is 0 Å². The Bertz CT molecular complexity index is 845. The molecule has 0 aromatic heterocycles. The van der Waals surface area contributed by atoms with Gasteiger partial charge in [-0.15, -0.1) is 0 Å². The van der Waals surface area contributed by atoms with Crippen molar-refractivity contribution in [1.29, 1.82) is 0 Å². The maximum atomic E-state index is 13.0. The van der Waals surface area contributed by atoms with Gasteiger partial charge in [-0.05, 0) is 30.3 Å². The summed E-state index contributed by atoms with van der Waals surface area (Å²) < 4.78 is 16.0. The van der Waals surface area contributed by atoms with Crippen LogP contribution in [0.3, 0.4) is 0 Å². The van der Waals surface area contributed by atoms with Gasteiger partial charge in [0, 0.05) is 24.1 Å². The van der Waals surface area contributed by atoms with E-state index in [4.69, 9.17) is 14.2 Å². The molecule has 4 rings (SSSR count). The Balaban J connectivity index is 1.76. The molecule has 0 atom stereocenters. The number of ketones is 1. The van der Waals surface area contributed by atoms with Crippen molar-refractivity contribution in [3.63, 3.8) is 0 Å². The Kier molecular flexibility index (Phi) is 3.37. The number of nitrogens with zero attached hydrogens (tertiary/aromatic N) is 1. The highest BCUT2D eigenvalue weighted by Crippen LogP contribution is 2.38. The second-order valence-corrected chi connectivity index (χ2v) is 5.55. The van der Waals surface area contributed by atoms with Gasteiger partial charge in [0.2, 0.25) is 6.79 Å². The number of carbonyl (C=O) groups excluding carboxylic acids is 2. The summed E-state index contributed by atoms with van der Waals surface area (Å²) >= 11 is 0. The number of para-hydroxylation sites is 1. The molecule has 24 heavy (non-hydrogen) atoms. The maximum absolute atomic E-state index is 13.0. The lowest BCUT2D eigenvalue weighted by Crippen LogP contribution is -2.37. The number of hydrogen-bond acceptors (Lipinski definition) is 5. The molecule has 6 heteroatoms. The van der Waals surface area contributed by atoms with E-state index in [0.717, 1.165) is 0 Å². The normalized spacial score (nSPS) is 15.2. The fraction of sp³-hybridized carbons (Fsp3) is 0.222. The van der Waals surface area contributed by atoms with E-state index in [9.17, 15) is 9.59 Å². The molecule has 0 N–H and O–H groups in total. The smallest absolute Gasteiger partial charge is 0.258 e. The van der Waals surface area contributed by atoms with Gasteiger partial charge in [0.25, 0.3) is 5.91 Å². The lowest BCUT2D eigenvalue weighted by Gasteiger charge is -2.30. The fourth-order valence-electron chi connectivity index (χ4n) is 3.04. The Morgan fingerprint density at radius 3 is 2.83 bits per heavy atom. The topological polar surface area (TPSA) is 65.1 Å². The number of Topliss-reactive ketones (excluding diaryl/α,β-unsaturated/α-hetero) is 1. The first-order chi connectivity index (χ1) is 11.7. The predicted octanol–water partition coefficient (Wildman–Crippen LogP) is 2.66. The SMILES string of the molecule is COc1cccc2c1N(C(=O)c1ccc3c(c1)OCO3)CCC2=O. The Morgan fingerprint density at radius 2 is 2.00 bits per heavy atom. The van der Waals surface area contributed by atoms with Crippen LogP contribution in [0.5, 0.6) is 17.2 Å². The molecule has 0 saturated carbocycles. The molecule has 0 bridgehead atoms. The lowest BCUT2D eigenvalue weighted by molar-refractivity contribution is 0.0953. The summed E-state index contributed by atoms with van der Waals surface area (Å²) in [6, 6.07) is 10.3. The van der Waals surface area contributed by atoms with E-state index in [1.807, 2.05) is 0 Å². The molecule has 6 nitrogen and oxygen atoms in total. The third-order valence-electron chi connectivity index (χ3n) is 4.22. The van der Waals surface area contributed by atoms with E-state index in [1.165, 1.54) is 7.11 Å². The Morgan fingerprint density at radius 1 is 1.17 bits per heavy atom. The van der Waals surface area contributed by atoms with Crippen molar-refractivity contribution < 1.29 is 23.8 Å². The van der Waals surface area contributed by atoms with Gasteiger partial charge < -0.3 is 19.1 Å². The van der Waals surface area contributed by atoms with Crippen LogP contribution in [0, 0.1) is 0 Å². The first kappa shape index (κ1) is 14.6. The third kappa shape index (κ3) is 2.19. The first-order valence-corrected chi connectivity index (χ1v) is 7.61. The van der Waals surface area contributed by atoms with Crippen LogP contribution >= 0.6 is 0 Å². The predicted molar refractivity (Wildman–Crippen MR) is 86.2 cm³/mol. The van der Waals surface area contributed by atoms with Gasteiger partial charge in [-0.2, -0.15) is 0 Å². The molecule has 2 heterocycles. The third-order valence-corrected chi connectivity index (χ3v) is 4.22. The quantitative estimate of drug-likeness (QED) is 0.849. The summed E-state index contributed by atoms with van der Waals surface area (Å²) in [5.74, 6) is 1.49. The molecule has 2 aromatic rings. The van der Waals surface area contributed by atoms with Crippen molar-refractivity contribution in [1.82, 2.24) is 0 Å². The highest BCUT2D eigenvalue weighted by atomic mass is 16.7. The van der Waals surface area contributed by atoms with Crippen molar-refractivity contribution >= 4 is 17.4 Å². The second kappa shape index (κ2) is 5.56. The molecule has 122 valence electrons. The highest BCUT2D eigenvalue weighted by Gasteiger charge is 2.31. The van der Waals surface area contributed by atoms with Gasteiger partial charge in [-0.1, -0.05) is 6.07 Å². The van der Waals surface area contributed by atoms with Crippen molar-refractivity contribution in [3.8, 4) is 17.2 Å². The molecule has 0 fully saturated rings. The minimum atomic E-state index is -0.202. The van der Waals surface area contributed by atoms with Crippen molar-refractivity contribution in [2.24, 2.45) is 0 Å². The van der Waals surface area contributed by atoms with Crippen molar-refractivity contribution in [3.05, 3.63) is 47.5 Å². The van der Waals surface area contributed by atoms with Crippen LogP contribution in [-0.2, 0) is 0 Å². The van der Waals surface area contributed by atoms with Gasteiger partial charge in [-0.3, -0.25) is 9.59 Å². The number of fused-ring (bicyclic) bond motifs is 2. The van der Waals surface area contributed by atoms with E-state index in [-0.39, 0.29) is 24.9 Å². The van der Waals surface area contributed by atoms with Crippen molar-refractivity contribution in [2.75, 3.05) is 25.3 Å². The minimum absolute atomic E-state index is 0.0126. The molecule has 0 radical (unpaired) electrons. The average Bonchev–Trinajstić information content (AvgIpc) is 3.09. The summed E-state index contributed by atoms with van der Waals surface area (Å²) in [6.45, 7) is 0.474. The van der Waals surface area contributed by atoms with Crippen LogP contribution in [0.4, 0.5) is 5.69 Å². The number of carbonyl (C=O) groups is 2. The number of benzene rings is 2. The number of rotatable bonds is 2. The highest BCUT2D eigenvalue weighted by molar-refractivity contribution is 6.14. The number of methoxy groups -OCH3 is 1. The zero-order valence-corrected chi connectivity index (χ0v) is 13.1. The van der Waals surface area contributed by atoms with Gasteiger partial charge >= 0.3 is 0 Å². The minimum Gasteiger partial charge on any atom is -0.495 e. The number of amides is 1. The molecule has 1 amide bonds. The van der Waals surface area contributed by atoms with E-state index < -0.39 is 0 Å². The zero-order chi connectivity index (χ0) is 16.7. The number of anilines is 1. The van der Waals surface area contributed by atoms with Gasteiger partial charge in [-0.25, -0.2) is 0 Å². The van der Waals surface area contributed by atoms with Crippen LogP contribution in [-0.4, -0.2) is 32.1 Å². The zero-order valence-electron chi connectivity index (χ0n) is 13.1. The van der Waals surface area contributed by atoms with Gasteiger partial charge in [0.15, 0.2) is 17.3 Å². The second-order valence-electron chi connectivity index (χ2n) is 5.55. The van der Waals surface area contributed by atoms with E-state index >= 15 is 0 Å². The summed E-state index contributed by atoms with van der Waals surface area (Å²) in [5.41, 5.74) is 1.51. The molecule has 0 saturated heterocycles. The first-order valence-electron chi connectivity index (χ1n) is 7.61. The Hall–Kier alpha value is -3.02. The largest absolute Gasteiger partial charge is 0.495 e. The number of hydrogen-bond donors (Lipinski definition) is 0. The summed E-state index contributed by atoms with van der Waals surface area (Å²) in [5, 5.41) is 0. The summed E-state index contributed by atoms with van der Waals surface area (Å²) in [7, 11) is 1.53. The summed E-state index contributed by atoms with van der Waals surface area (Å²) in [6.07, 6.45) is 0.288. The molecule has 0 aliphatic carbocycles. The molecule has 2 aliphatic heterocycles.